The third-order valence-electron chi connectivity index (χ3n) is 4.44. The lowest BCUT2D eigenvalue weighted by Gasteiger charge is -2.51. The summed E-state index contributed by atoms with van der Waals surface area (Å²) in [5.74, 6) is 0.591. The molecule has 0 aliphatic heterocycles. The molecule has 3 unspecified atom stereocenters. The third kappa shape index (κ3) is 2.65. The van der Waals surface area contributed by atoms with Gasteiger partial charge in [-0.15, -0.1) is 0 Å². The highest BCUT2D eigenvalue weighted by atomic mass is 16.7. The van der Waals surface area contributed by atoms with Crippen molar-refractivity contribution >= 4 is 0 Å². The van der Waals surface area contributed by atoms with E-state index in [1.165, 1.54) is 6.42 Å². The Morgan fingerprint density at radius 3 is 2.47 bits per heavy atom. The molecule has 0 aromatic heterocycles. The molecule has 3 atom stereocenters. The Bertz CT molecular complexity index is 241. The zero-order valence-corrected chi connectivity index (χ0v) is 11.5. The molecule has 3 N–H and O–H groups in total. The minimum Gasteiger partial charge on any atom is -0.384 e. The van der Waals surface area contributed by atoms with E-state index >= 15 is 0 Å². The van der Waals surface area contributed by atoms with Crippen LogP contribution in [-0.4, -0.2) is 37.8 Å². The van der Waals surface area contributed by atoms with Crippen molar-refractivity contribution in [1.29, 1.82) is 0 Å². The first-order valence-corrected chi connectivity index (χ1v) is 6.41. The van der Waals surface area contributed by atoms with Crippen molar-refractivity contribution in [1.82, 2.24) is 0 Å². The maximum atomic E-state index is 10.8. The number of rotatable bonds is 5. The smallest absolute Gasteiger partial charge is 0.185 e. The fraction of sp³-hybridized carbons (Fsp3) is 1.00. The molecule has 0 saturated heterocycles. The molecule has 17 heavy (non-hydrogen) atoms. The second kappa shape index (κ2) is 5.65. The monoisotopic (exact) mass is 245 g/mol. The predicted octanol–water partition coefficient (Wildman–Crippen LogP) is 1.51. The van der Waals surface area contributed by atoms with E-state index < -0.39 is 11.9 Å². The average Bonchev–Trinajstić information content (AvgIpc) is 2.29. The summed E-state index contributed by atoms with van der Waals surface area (Å²) in [5.41, 5.74) is 4.60. The summed E-state index contributed by atoms with van der Waals surface area (Å²) in [6, 6.07) is 0. The first-order valence-electron chi connectivity index (χ1n) is 6.41. The Hall–Kier alpha value is -0.160. The number of nitrogens with two attached hydrogens (primary N) is 1. The Labute approximate surface area is 104 Å². The molecule has 1 fully saturated rings. The van der Waals surface area contributed by atoms with Crippen molar-refractivity contribution in [3.8, 4) is 0 Å². The minimum atomic E-state index is -1.06. The van der Waals surface area contributed by atoms with Crippen molar-refractivity contribution in [3.63, 3.8) is 0 Å². The predicted molar refractivity (Wildman–Crippen MR) is 67.5 cm³/mol. The molecule has 4 heteroatoms. The summed E-state index contributed by atoms with van der Waals surface area (Å²) in [7, 11) is 3.11. The molecule has 0 spiro atoms. The van der Waals surface area contributed by atoms with Crippen molar-refractivity contribution < 1.29 is 14.6 Å². The third-order valence-corrected chi connectivity index (χ3v) is 4.44. The van der Waals surface area contributed by atoms with Crippen LogP contribution < -0.4 is 5.73 Å². The van der Waals surface area contributed by atoms with Gasteiger partial charge in [-0.25, -0.2) is 0 Å². The number of hydrogen-bond donors (Lipinski definition) is 2. The second-order valence-corrected chi connectivity index (χ2v) is 5.64. The Morgan fingerprint density at radius 2 is 2.06 bits per heavy atom. The van der Waals surface area contributed by atoms with Gasteiger partial charge in [-0.05, 0) is 25.7 Å². The highest BCUT2D eigenvalue weighted by Gasteiger charge is 2.53. The van der Waals surface area contributed by atoms with Crippen molar-refractivity contribution in [2.24, 2.45) is 17.1 Å². The standard InChI is InChI=1S/C13H27NO3/c1-10-6-5-7-13(8-10,9-14)12(2,15)11(16-3)17-4/h10-11,15H,5-9,14H2,1-4H3. The van der Waals surface area contributed by atoms with E-state index in [-0.39, 0.29) is 5.41 Å². The number of hydrogen-bond acceptors (Lipinski definition) is 4. The molecule has 0 aromatic rings. The summed E-state index contributed by atoms with van der Waals surface area (Å²) in [6.45, 7) is 4.47. The Balaban J connectivity index is 2.97. The van der Waals surface area contributed by atoms with E-state index in [1.807, 2.05) is 0 Å². The number of ether oxygens (including phenoxy) is 2. The van der Waals surface area contributed by atoms with E-state index in [0.29, 0.717) is 12.5 Å². The van der Waals surface area contributed by atoms with Crippen LogP contribution in [0.3, 0.4) is 0 Å². The van der Waals surface area contributed by atoms with Gasteiger partial charge in [0.15, 0.2) is 6.29 Å². The van der Waals surface area contributed by atoms with Crippen molar-refractivity contribution in [2.75, 3.05) is 20.8 Å². The van der Waals surface area contributed by atoms with E-state index in [0.717, 1.165) is 19.3 Å². The average molecular weight is 245 g/mol. The summed E-state index contributed by atoms with van der Waals surface area (Å²) in [5, 5.41) is 10.8. The molecule has 1 aliphatic rings. The molecule has 1 rings (SSSR count). The molecule has 1 saturated carbocycles. The highest BCUT2D eigenvalue weighted by Crippen LogP contribution is 2.48. The van der Waals surface area contributed by atoms with Crippen LogP contribution in [0.15, 0.2) is 0 Å². The molecular formula is C13H27NO3. The molecule has 4 nitrogen and oxygen atoms in total. The number of aliphatic hydroxyl groups is 1. The van der Waals surface area contributed by atoms with Crippen LogP contribution in [0.4, 0.5) is 0 Å². The van der Waals surface area contributed by atoms with Crippen LogP contribution in [-0.2, 0) is 9.47 Å². The van der Waals surface area contributed by atoms with Gasteiger partial charge in [-0.3, -0.25) is 0 Å². The Morgan fingerprint density at radius 1 is 1.47 bits per heavy atom. The van der Waals surface area contributed by atoms with Gasteiger partial charge in [0, 0.05) is 26.2 Å². The summed E-state index contributed by atoms with van der Waals surface area (Å²) < 4.78 is 10.5. The van der Waals surface area contributed by atoms with Gasteiger partial charge in [-0.1, -0.05) is 19.8 Å². The van der Waals surface area contributed by atoms with Gasteiger partial charge < -0.3 is 20.3 Å². The lowest BCUT2D eigenvalue weighted by molar-refractivity contribution is -0.257. The molecule has 0 radical (unpaired) electrons. The first kappa shape index (κ1) is 14.9. The molecule has 0 heterocycles. The summed E-state index contributed by atoms with van der Waals surface area (Å²) in [6.07, 6.45) is 3.55. The largest absolute Gasteiger partial charge is 0.384 e. The topological polar surface area (TPSA) is 64.7 Å². The quantitative estimate of drug-likeness (QED) is 0.721. The van der Waals surface area contributed by atoms with Crippen LogP contribution in [0.25, 0.3) is 0 Å². The first-order chi connectivity index (χ1) is 7.93. The van der Waals surface area contributed by atoms with Crippen LogP contribution in [0, 0.1) is 11.3 Å². The lowest BCUT2D eigenvalue weighted by atomic mass is 9.61. The van der Waals surface area contributed by atoms with E-state index in [1.54, 1.807) is 21.1 Å². The second-order valence-electron chi connectivity index (χ2n) is 5.64. The van der Waals surface area contributed by atoms with Gasteiger partial charge in [0.25, 0.3) is 0 Å². The molecule has 0 bridgehead atoms. The number of methoxy groups -OCH3 is 2. The summed E-state index contributed by atoms with van der Waals surface area (Å²) in [4.78, 5) is 0. The molecular weight excluding hydrogens is 218 g/mol. The van der Waals surface area contributed by atoms with Gasteiger partial charge >= 0.3 is 0 Å². The summed E-state index contributed by atoms with van der Waals surface area (Å²) >= 11 is 0. The molecule has 0 amide bonds. The van der Waals surface area contributed by atoms with E-state index in [2.05, 4.69) is 6.92 Å². The van der Waals surface area contributed by atoms with Crippen LogP contribution in [0.5, 0.6) is 0 Å². The molecule has 0 aromatic carbocycles. The van der Waals surface area contributed by atoms with Crippen LogP contribution >= 0.6 is 0 Å². The maximum absolute atomic E-state index is 10.8. The van der Waals surface area contributed by atoms with Gasteiger partial charge in [0.2, 0.25) is 0 Å². The SMILES string of the molecule is COC(OC)C(C)(O)C1(CN)CCCC(C)C1. The van der Waals surface area contributed by atoms with Gasteiger partial charge in [0.05, 0.1) is 0 Å². The van der Waals surface area contributed by atoms with E-state index in [9.17, 15) is 5.11 Å². The fourth-order valence-electron chi connectivity index (χ4n) is 3.32. The van der Waals surface area contributed by atoms with E-state index in [4.69, 9.17) is 15.2 Å². The highest BCUT2D eigenvalue weighted by molar-refractivity contribution is 5.01. The Kier molecular flexibility index (Phi) is 4.95. The van der Waals surface area contributed by atoms with Gasteiger partial charge in [0.1, 0.15) is 5.60 Å². The van der Waals surface area contributed by atoms with Crippen molar-refractivity contribution in [3.05, 3.63) is 0 Å². The van der Waals surface area contributed by atoms with Gasteiger partial charge in [-0.2, -0.15) is 0 Å². The molecule has 1 aliphatic carbocycles. The van der Waals surface area contributed by atoms with Crippen molar-refractivity contribution in [2.45, 2.75) is 51.4 Å². The van der Waals surface area contributed by atoms with Crippen LogP contribution in [0.2, 0.25) is 0 Å². The fourth-order valence-corrected chi connectivity index (χ4v) is 3.32. The maximum Gasteiger partial charge on any atom is 0.185 e. The lowest BCUT2D eigenvalue weighted by Crippen LogP contribution is -2.60. The molecule has 102 valence electrons. The normalized spacial score (nSPS) is 33.7. The van der Waals surface area contributed by atoms with Crippen LogP contribution in [0.1, 0.15) is 39.5 Å². The minimum absolute atomic E-state index is 0.304. The zero-order valence-electron chi connectivity index (χ0n) is 11.5. The zero-order chi connectivity index (χ0) is 13.1.